The minimum absolute atomic E-state index is 0.569. The van der Waals surface area contributed by atoms with Crippen molar-refractivity contribution in [2.24, 2.45) is 5.92 Å². The van der Waals surface area contributed by atoms with Crippen molar-refractivity contribution in [3.63, 3.8) is 0 Å². The van der Waals surface area contributed by atoms with Crippen LogP contribution in [0, 0.1) is 5.92 Å². The zero-order chi connectivity index (χ0) is 10.4. The third kappa shape index (κ3) is 3.25. The second kappa shape index (κ2) is 6.41. The van der Waals surface area contributed by atoms with Crippen LogP contribution in [0.4, 0.5) is 0 Å². The van der Waals surface area contributed by atoms with Crippen LogP contribution in [0.3, 0.4) is 0 Å². The second-order valence-electron chi connectivity index (χ2n) is 4.48. The molecule has 1 saturated heterocycles. The van der Waals surface area contributed by atoms with Gasteiger partial charge >= 0.3 is 0 Å². The molecule has 1 aliphatic heterocycles. The summed E-state index contributed by atoms with van der Waals surface area (Å²) in [4.78, 5) is 0. The molecule has 3 atom stereocenters. The van der Waals surface area contributed by atoms with Crippen molar-refractivity contribution in [1.29, 1.82) is 0 Å². The van der Waals surface area contributed by atoms with Gasteiger partial charge in [-0.1, -0.05) is 40.0 Å². The Morgan fingerprint density at radius 3 is 2.36 bits per heavy atom. The Labute approximate surface area is 88.8 Å². The number of rotatable bonds is 5. The van der Waals surface area contributed by atoms with Crippen molar-refractivity contribution in [3.8, 4) is 0 Å². The van der Waals surface area contributed by atoms with E-state index in [9.17, 15) is 0 Å². The smallest absolute Gasteiger partial charge is 0.0573 e. The molecule has 1 heterocycles. The molecule has 0 bridgehead atoms. The standard InChI is InChI=1S/C12H26N2/c1-4-7-11-10(6-3)9-13-12(14-11)8-5-2/h10-14H,4-9H2,1-3H3. The molecular weight excluding hydrogens is 172 g/mol. The summed E-state index contributed by atoms with van der Waals surface area (Å²) >= 11 is 0. The zero-order valence-corrected chi connectivity index (χ0v) is 9.97. The van der Waals surface area contributed by atoms with Crippen LogP contribution in [0.1, 0.15) is 52.9 Å². The Kier molecular flexibility index (Phi) is 5.49. The molecule has 0 aliphatic carbocycles. The van der Waals surface area contributed by atoms with E-state index in [-0.39, 0.29) is 0 Å². The van der Waals surface area contributed by atoms with Gasteiger partial charge in [0.25, 0.3) is 0 Å². The van der Waals surface area contributed by atoms with Crippen molar-refractivity contribution >= 4 is 0 Å². The fraction of sp³-hybridized carbons (Fsp3) is 1.00. The maximum absolute atomic E-state index is 3.75. The van der Waals surface area contributed by atoms with Crippen LogP contribution in [0.5, 0.6) is 0 Å². The van der Waals surface area contributed by atoms with Gasteiger partial charge in [0.1, 0.15) is 0 Å². The summed E-state index contributed by atoms with van der Waals surface area (Å²) in [5.74, 6) is 0.836. The highest BCUT2D eigenvalue weighted by Gasteiger charge is 2.26. The maximum Gasteiger partial charge on any atom is 0.0573 e. The number of hydrogen-bond donors (Lipinski definition) is 2. The molecule has 2 nitrogen and oxygen atoms in total. The highest BCUT2D eigenvalue weighted by molar-refractivity contribution is 4.85. The zero-order valence-electron chi connectivity index (χ0n) is 9.97. The Bertz CT molecular complexity index is 147. The van der Waals surface area contributed by atoms with Gasteiger partial charge in [-0.3, -0.25) is 5.32 Å². The first-order valence-corrected chi connectivity index (χ1v) is 6.31. The van der Waals surface area contributed by atoms with Crippen molar-refractivity contribution < 1.29 is 0 Å². The van der Waals surface area contributed by atoms with Crippen molar-refractivity contribution in [2.45, 2.75) is 65.1 Å². The van der Waals surface area contributed by atoms with Crippen molar-refractivity contribution in [1.82, 2.24) is 10.6 Å². The Hall–Kier alpha value is -0.0800. The van der Waals surface area contributed by atoms with Crippen LogP contribution in [-0.2, 0) is 0 Å². The number of nitrogens with one attached hydrogen (secondary N) is 2. The van der Waals surface area contributed by atoms with Crippen LogP contribution < -0.4 is 10.6 Å². The van der Waals surface area contributed by atoms with E-state index in [1.54, 1.807) is 0 Å². The molecule has 0 amide bonds. The van der Waals surface area contributed by atoms with Gasteiger partial charge in [-0.25, -0.2) is 0 Å². The van der Waals surface area contributed by atoms with Crippen molar-refractivity contribution in [3.05, 3.63) is 0 Å². The Morgan fingerprint density at radius 1 is 1.07 bits per heavy atom. The monoisotopic (exact) mass is 198 g/mol. The lowest BCUT2D eigenvalue weighted by molar-refractivity contribution is 0.198. The molecule has 14 heavy (non-hydrogen) atoms. The van der Waals surface area contributed by atoms with Gasteiger partial charge in [0.05, 0.1) is 6.17 Å². The molecule has 2 N–H and O–H groups in total. The molecule has 2 heteroatoms. The summed E-state index contributed by atoms with van der Waals surface area (Å²) in [5.41, 5.74) is 0. The average Bonchev–Trinajstić information content (AvgIpc) is 2.19. The molecule has 0 aromatic rings. The van der Waals surface area contributed by atoms with E-state index in [1.807, 2.05) is 0 Å². The minimum atomic E-state index is 0.569. The van der Waals surface area contributed by atoms with Crippen LogP contribution in [-0.4, -0.2) is 18.8 Å². The van der Waals surface area contributed by atoms with E-state index in [0.29, 0.717) is 6.17 Å². The largest absolute Gasteiger partial charge is 0.302 e. The first-order chi connectivity index (χ1) is 6.81. The van der Waals surface area contributed by atoms with Gasteiger partial charge < -0.3 is 5.32 Å². The number of hydrogen-bond acceptors (Lipinski definition) is 2. The van der Waals surface area contributed by atoms with Crippen molar-refractivity contribution in [2.75, 3.05) is 6.54 Å². The molecule has 1 fully saturated rings. The van der Waals surface area contributed by atoms with Gasteiger partial charge in [0.2, 0.25) is 0 Å². The predicted molar refractivity (Wildman–Crippen MR) is 62.3 cm³/mol. The highest BCUT2D eigenvalue weighted by atomic mass is 15.2. The third-order valence-electron chi connectivity index (χ3n) is 3.31. The molecule has 0 saturated carbocycles. The van der Waals surface area contributed by atoms with E-state index in [4.69, 9.17) is 0 Å². The SMILES string of the molecule is CCCC1NCC(CC)C(CCC)N1. The average molecular weight is 198 g/mol. The second-order valence-corrected chi connectivity index (χ2v) is 4.48. The molecule has 0 aromatic heterocycles. The summed E-state index contributed by atoms with van der Waals surface area (Å²) < 4.78 is 0. The summed E-state index contributed by atoms with van der Waals surface area (Å²) in [6.07, 6.45) is 7.02. The lowest BCUT2D eigenvalue weighted by Gasteiger charge is -2.38. The van der Waals surface area contributed by atoms with Crippen LogP contribution >= 0.6 is 0 Å². The predicted octanol–water partition coefficient (Wildman–Crippen LogP) is 2.50. The summed E-state index contributed by atoms with van der Waals surface area (Å²) in [5, 5.41) is 7.34. The molecule has 84 valence electrons. The molecule has 0 radical (unpaired) electrons. The minimum Gasteiger partial charge on any atom is -0.302 e. The maximum atomic E-state index is 3.75. The van der Waals surface area contributed by atoms with Gasteiger partial charge in [-0.2, -0.15) is 0 Å². The quantitative estimate of drug-likeness (QED) is 0.709. The normalized spacial score (nSPS) is 33.2. The highest BCUT2D eigenvalue weighted by Crippen LogP contribution is 2.18. The van der Waals surface area contributed by atoms with E-state index in [1.165, 1.54) is 38.6 Å². The molecule has 1 aliphatic rings. The third-order valence-corrected chi connectivity index (χ3v) is 3.31. The van der Waals surface area contributed by atoms with Crippen LogP contribution in [0.2, 0.25) is 0 Å². The van der Waals surface area contributed by atoms with E-state index >= 15 is 0 Å². The van der Waals surface area contributed by atoms with Crippen LogP contribution in [0.15, 0.2) is 0 Å². The molecule has 0 aromatic carbocycles. The molecule has 1 rings (SSSR count). The van der Waals surface area contributed by atoms with Gasteiger partial charge in [0, 0.05) is 12.6 Å². The lowest BCUT2D eigenvalue weighted by atomic mass is 9.90. The molecule has 3 unspecified atom stereocenters. The summed E-state index contributed by atoms with van der Waals surface area (Å²) in [6, 6.07) is 0.753. The first-order valence-electron chi connectivity index (χ1n) is 6.31. The Morgan fingerprint density at radius 2 is 1.79 bits per heavy atom. The van der Waals surface area contributed by atoms with Gasteiger partial charge in [-0.05, 0) is 18.8 Å². The van der Waals surface area contributed by atoms with E-state index < -0.39 is 0 Å². The summed E-state index contributed by atoms with van der Waals surface area (Å²) in [6.45, 7) is 8.05. The van der Waals surface area contributed by atoms with Crippen LogP contribution in [0.25, 0.3) is 0 Å². The van der Waals surface area contributed by atoms with Gasteiger partial charge in [0.15, 0.2) is 0 Å². The molecule has 0 spiro atoms. The fourth-order valence-electron chi connectivity index (χ4n) is 2.42. The lowest BCUT2D eigenvalue weighted by Crippen LogP contribution is -2.58. The summed E-state index contributed by atoms with van der Waals surface area (Å²) in [7, 11) is 0. The topological polar surface area (TPSA) is 24.1 Å². The van der Waals surface area contributed by atoms with E-state index in [0.717, 1.165) is 12.0 Å². The Balaban J connectivity index is 2.39. The molecular formula is C12H26N2. The first kappa shape index (κ1) is 12.0. The fourth-order valence-corrected chi connectivity index (χ4v) is 2.42. The van der Waals surface area contributed by atoms with Gasteiger partial charge in [-0.15, -0.1) is 0 Å². The van der Waals surface area contributed by atoms with E-state index in [2.05, 4.69) is 31.4 Å².